The van der Waals surface area contributed by atoms with Crippen LogP contribution in [0.2, 0.25) is 0 Å². The molecule has 1 heteroatoms. The third-order valence-electron chi connectivity index (χ3n) is 3.05. The molecule has 2 aliphatic rings. The minimum absolute atomic E-state index is 0.426. The summed E-state index contributed by atoms with van der Waals surface area (Å²) in [4.78, 5) is 0. The average molecular weight is 196 g/mol. The van der Waals surface area contributed by atoms with Crippen LogP contribution in [-0.4, -0.2) is 5.11 Å². The highest BCUT2D eigenvalue weighted by Crippen LogP contribution is 2.28. The number of hydrogen-bond donors (Lipinski definition) is 1. The molecule has 2 aromatic rings. The maximum Gasteiger partial charge on any atom is 0.119 e. The van der Waals surface area contributed by atoms with Gasteiger partial charge in [-0.25, -0.2) is 0 Å². The van der Waals surface area contributed by atoms with Crippen molar-refractivity contribution in [3.8, 4) is 5.75 Å². The molecule has 2 bridgehead atoms. The molecule has 0 aromatic heterocycles. The lowest BCUT2D eigenvalue weighted by Crippen LogP contribution is -2.01. The molecular weight excluding hydrogens is 184 g/mol. The van der Waals surface area contributed by atoms with E-state index in [1.807, 2.05) is 6.07 Å². The minimum atomic E-state index is 0.426. The van der Waals surface area contributed by atoms with Crippen molar-refractivity contribution >= 4 is 0 Å². The summed E-state index contributed by atoms with van der Waals surface area (Å²) in [5.41, 5.74) is 4.90. The van der Waals surface area contributed by atoms with Gasteiger partial charge < -0.3 is 5.11 Å². The lowest BCUT2D eigenvalue weighted by Gasteiger charge is -2.15. The first-order valence-corrected chi connectivity index (χ1v) is 5.20. The van der Waals surface area contributed by atoms with Gasteiger partial charge in [-0.2, -0.15) is 0 Å². The Hall–Kier alpha value is -1.76. The third-order valence-corrected chi connectivity index (χ3v) is 3.05. The van der Waals surface area contributed by atoms with E-state index in [0.29, 0.717) is 5.75 Å². The molecule has 4 rings (SSSR count). The highest BCUT2D eigenvalue weighted by molar-refractivity contribution is 5.46. The number of rotatable bonds is 0. The van der Waals surface area contributed by atoms with Crippen molar-refractivity contribution < 1.29 is 5.11 Å². The first-order valence-electron chi connectivity index (χ1n) is 5.20. The highest BCUT2D eigenvalue weighted by Gasteiger charge is 2.12. The molecule has 0 heterocycles. The van der Waals surface area contributed by atoms with Crippen LogP contribution in [0.3, 0.4) is 0 Å². The van der Waals surface area contributed by atoms with Crippen LogP contribution < -0.4 is 0 Å². The lowest BCUT2D eigenvalue weighted by atomic mass is 9.90. The molecule has 74 valence electrons. The molecule has 1 N–H and O–H groups in total. The Labute approximate surface area is 89.0 Å². The van der Waals surface area contributed by atoms with E-state index in [0.717, 1.165) is 18.4 Å². The maximum atomic E-state index is 9.83. The summed E-state index contributed by atoms with van der Waals surface area (Å²) in [7, 11) is 0. The van der Waals surface area contributed by atoms with Crippen LogP contribution in [0.15, 0.2) is 42.5 Å². The molecule has 0 saturated heterocycles. The number of phenols is 1. The summed E-state index contributed by atoms with van der Waals surface area (Å²) < 4.78 is 0. The van der Waals surface area contributed by atoms with Crippen LogP contribution in [0.1, 0.15) is 22.3 Å². The molecule has 2 aromatic carbocycles. The second kappa shape index (κ2) is 3.13. The van der Waals surface area contributed by atoms with E-state index in [-0.39, 0.29) is 0 Å². The molecule has 0 spiro atoms. The largest absolute Gasteiger partial charge is 0.508 e. The maximum absolute atomic E-state index is 9.83. The Balaban J connectivity index is 2.21. The van der Waals surface area contributed by atoms with Crippen LogP contribution in [-0.2, 0) is 12.8 Å². The Morgan fingerprint density at radius 2 is 1.47 bits per heavy atom. The molecule has 0 saturated carbocycles. The van der Waals surface area contributed by atoms with E-state index in [4.69, 9.17) is 0 Å². The van der Waals surface area contributed by atoms with E-state index in [1.165, 1.54) is 16.7 Å². The zero-order chi connectivity index (χ0) is 10.3. The Morgan fingerprint density at radius 1 is 0.800 bits per heavy atom. The van der Waals surface area contributed by atoms with Crippen molar-refractivity contribution in [2.75, 3.05) is 0 Å². The molecule has 0 aliphatic heterocycles. The van der Waals surface area contributed by atoms with Gasteiger partial charge in [-0.15, -0.1) is 0 Å². The zero-order valence-corrected chi connectivity index (χ0v) is 8.40. The monoisotopic (exact) mass is 196 g/mol. The van der Waals surface area contributed by atoms with Crippen molar-refractivity contribution in [1.29, 1.82) is 0 Å². The molecule has 2 aliphatic carbocycles. The standard InChI is InChI=1S/C14H12O/c15-14-3-1-2-12-8-10-4-6-11(7-5-10)9-13(12)14/h1-7,15H,8-9H2. The fourth-order valence-corrected chi connectivity index (χ4v) is 2.19. The summed E-state index contributed by atoms with van der Waals surface area (Å²) in [5, 5.41) is 9.83. The minimum Gasteiger partial charge on any atom is -0.508 e. The second-order valence-corrected chi connectivity index (χ2v) is 4.08. The third kappa shape index (κ3) is 1.40. The number of aromatic hydroxyl groups is 1. The van der Waals surface area contributed by atoms with Crippen LogP contribution in [0.4, 0.5) is 0 Å². The van der Waals surface area contributed by atoms with Gasteiger partial charge in [0.15, 0.2) is 0 Å². The van der Waals surface area contributed by atoms with E-state index in [2.05, 4.69) is 30.3 Å². The lowest BCUT2D eigenvalue weighted by molar-refractivity contribution is 0.468. The molecular formula is C14H12O. The topological polar surface area (TPSA) is 20.2 Å². The van der Waals surface area contributed by atoms with Crippen LogP contribution in [0.25, 0.3) is 0 Å². The van der Waals surface area contributed by atoms with Gasteiger partial charge in [0.1, 0.15) is 5.75 Å². The number of hydrogen-bond acceptors (Lipinski definition) is 1. The summed E-state index contributed by atoms with van der Waals surface area (Å²) >= 11 is 0. The first kappa shape index (κ1) is 8.54. The average Bonchev–Trinajstić information content (AvgIpc) is 2.20. The van der Waals surface area contributed by atoms with Gasteiger partial charge in [0.05, 0.1) is 0 Å². The van der Waals surface area contributed by atoms with Gasteiger partial charge in [0, 0.05) is 12.0 Å². The Kier molecular flexibility index (Phi) is 1.78. The number of fused-ring (bicyclic) bond motifs is 2. The molecule has 0 radical (unpaired) electrons. The normalized spacial score (nSPS) is 13.1. The summed E-state index contributed by atoms with van der Waals surface area (Å²) in [6, 6.07) is 14.4. The van der Waals surface area contributed by atoms with Crippen molar-refractivity contribution in [3.63, 3.8) is 0 Å². The molecule has 0 fully saturated rings. The van der Waals surface area contributed by atoms with E-state index >= 15 is 0 Å². The fraction of sp³-hybridized carbons (Fsp3) is 0.143. The number of benzene rings is 2. The predicted octanol–water partition coefficient (Wildman–Crippen LogP) is 2.89. The molecule has 0 unspecified atom stereocenters. The first-order chi connectivity index (χ1) is 7.33. The SMILES string of the molecule is Oc1cccc2c1Cc1ccc(cc1)C2. The van der Waals surface area contributed by atoms with Gasteiger partial charge in [0.2, 0.25) is 0 Å². The summed E-state index contributed by atoms with van der Waals surface area (Å²) in [6.07, 6.45) is 1.76. The van der Waals surface area contributed by atoms with Crippen LogP contribution in [0.5, 0.6) is 5.75 Å². The van der Waals surface area contributed by atoms with Crippen LogP contribution >= 0.6 is 0 Å². The van der Waals surface area contributed by atoms with Gasteiger partial charge >= 0.3 is 0 Å². The van der Waals surface area contributed by atoms with E-state index < -0.39 is 0 Å². The fourth-order valence-electron chi connectivity index (χ4n) is 2.19. The van der Waals surface area contributed by atoms with Crippen molar-refractivity contribution in [1.82, 2.24) is 0 Å². The van der Waals surface area contributed by atoms with E-state index in [1.54, 1.807) is 6.07 Å². The molecule has 1 nitrogen and oxygen atoms in total. The van der Waals surface area contributed by atoms with Crippen molar-refractivity contribution in [3.05, 3.63) is 64.7 Å². The Bertz CT molecular complexity index is 497. The zero-order valence-electron chi connectivity index (χ0n) is 8.40. The molecule has 0 atom stereocenters. The van der Waals surface area contributed by atoms with Crippen molar-refractivity contribution in [2.45, 2.75) is 12.8 Å². The van der Waals surface area contributed by atoms with Crippen molar-refractivity contribution in [2.24, 2.45) is 0 Å². The van der Waals surface area contributed by atoms with Gasteiger partial charge in [-0.05, 0) is 29.2 Å². The van der Waals surface area contributed by atoms with Gasteiger partial charge in [-0.1, -0.05) is 36.4 Å². The second-order valence-electron chi connectivity index (χ2n) is 4.08. The number of phenolic OH excluding ortho intramolecular Hbond substituents is 1. The smallest absolute Gasteiger partial charge is 0.119 e. The van der Waals surface area contributed by atoms with Gasteiger partial charge in [0.25, 0.3) is 0 Å². The molecule has 0 amide bonds. The summed E-state index contributed by atoms with van der Waals surface area (Å²) in [5.74, 6) is 0.426. The van der Waals surface area contributed by atoms with Crippen LogP contribution in [0, 0.1) is 0 Å². The van der Waals surface area contributed by atoms with Gasteiger partial charge in [-0.3, -0.25) is 0 Å². The summed E-state index contributed by atoms with van der Waals surface area (Å²) in [6.45, 7) is 0. The van der Waals surface area contributed by atoms with E-state index in [9.17, 15) is 5.11 Å². The predicted molar refractivity (Wildman–Crippen MR) is 60.2 cm³/mol. The molecule has 15 heavy (non-hydrogen) atoms. The quantitative estimate of drug-likeness (QED) is 0.586. The Morgan fingerprint density at radius 3 is 2.20 bits per heavy atom. The highest BCUT2D eigenvalue weighted by atomic mass is 16.3.